The van der Waals surface area contributed by atoms with Crippen LogP contribution < -0.4 is 0 Å². The van der Waals surface area contributed by atoms with Crippen molar-refractivity contribution in [2.45, 2.75) is 65.0 Å². The van der Waals surface area contributed by atoms with Gasteiger partial charge in [0, 0.05) is 11.3 Å². The average molecular weight is 348 g/mol. The van der Waals surface area contributed by atoms with Gasteiger partial charge in [0.15, 0.2) is 0 Å². The summed E-state index contributed by atoms with van der Waals surface area (Å²) in [5, 5.41) is 0. The molecule has 3 fully saturated rings. The maximum atomic E-state index is 13.2. The maximum absolute atomic E-state index is 13.2. The largest absolute Gasteiger partial charge is 0.446 e. The third-order valence-corrected chi connectivity index (χ3v) is 7.48. The Kier molecular flexibility index (Phi) is 3.03. The average Bonchev–Trinajstić information content (AvgIpc) is 3.09. The monoisotopic (exact) mass is 348 g/mol. The Bertz CT molecular complexity index is 723. The molecule has 6 atom stereocenters. The number of ketones is 1. The van der Waals surface area contributed by atoms with E-state index in [0.717, 1.165) is 0 Å². The Morgan fingerprint density at radius 2 is 1.88 bits per heavy atom. The number of fused-ring (bicyclic) bond motifs is 4. The highest BCUT2D eigenvalue weighted by Crippen LogP contribution is 2.66. The fourth-order valence-electron chi connectivity index (χ4n) is 4.87. The van der Waals surface area contributed by atoms with E-state index in [4.69, 9.17) is 14.2 Å². The normalized spacial score (nSPS) is 49.4. The lowest BCUT2D eigenvalue weighted by atomic mass is 9.66. The number of carbonyl (C=O) groups is 3. The summed E-state index contributed by atoms with van der Waals surface area (Å²) >= 11 is 0. The highest BCUT2D eigenvalue weighted by atomic mass is 16.7. The second kappa shape index (κ2) is 4.53. The third-order valence-electron chi connectivity index (χ3n) is 7.48. The summed E-state index contributed by atoms with van der Waals surface area (Å²) in [6.07, 6.45) is 4.05. The van der Waals surface area contributed by atoms with Gasteiger partial charge in [-0.25, -0.2) is 4.79 Å². The summed E-state index contributed by atoms with van der Waals surface area (Å²) < 4.78 is 17.3. The van der Waals surface area contributed by atoms with Gasteiger partial charge in [0.1, 0.15) is 5.78 Å². The first-order valence-corrected chi connectivity index (χ1v) is 8.89. The molecule has 4 aliphatic rings. The summed E-state index contributed by atoms with van der Waals surface area (Å²) in [6.45, 7) is 9.10. The van der Waals surface area contributed by atoms with E-state index in [1.807, 2.05) is 27.7 Å². The lowest BCUT2D eigenvalue weighted by Crippen LogP contribution is -2.57. The molecule has 2 saturated heterocycles. The van der Waals surface area contributed by atoms with E-state index in [0.29, 0.717) is 12.8 Å². The van der Waals surface area contributed by atoms with Crippen LogP contribution in [0.5, 0.6) is 0 Å². The molecule has 0 radical (unpaired) electrons. The topological polar surface area (TPSA) is 78.9 Å². The summed E-state index contributed by atoms with van der Waals surface area (Å²) in [4.78, 5) is 38.0. The Morgan fingerprint density at radius 3 is 2.44 bits per heavy atom. The van der Waals surface area contributed by atoms with Gasteiger partial charge in [0.25, 0.3) is 0 Å². The lowest BCUT2D eigenvalue weighted by molar-refractivity contribution is -0.258. The number of carbonyl (C=O) groups excluding carboxylic acids is 3. The molecule has 0 amide bonds. The van der Waals surface area contributed by atoms with Crippen molar-refractivity contribution in [1.29, 1.82) is 0 Å². The second-order valence-corrected chi connectivity index (χ2v) is 8.64. The molecule has 136 valence electrons. The first-order chi connectivity index (χ1) is 11.5. The molecule has 3 aliphatic heterocycles. The van der Waals surface area contributed by atoms with Crippen LogP contribution in [0.4, 0.5) is 0 Å². The van der Waals surface area contributed by atoms with Crippen LogP contribution in [0.25, 0.3) is 0 Å². The quantitative estimate of drug-likeness (QED) is 0.562. The minimum Gasteiger partial charge on any atom is -0.446 e. The zero-order valence-electron chi connectivity index (χ0n) is 15.3. The van der Waals surface area contributed by atoms with Crippen molar-refractivity contribution < 1.29 is 28.6 Å². The Hall–Kier alpha value is -1.69. The van der Waals surface area contributed by atoms with E-state index < -0.39 is 34.1 Å². The van der Waals surface area contributed by atoms with E-state index in [9.17, 15) is 14.4 Å². The molecule has 1 aliphatic carbocycles. The zero-order valence-corrected chi connectivity index (χ0v) is 15.3. The molecule has 6 heteroatoms. The number of esters is 2. The zero-order chi connectivity index (χ0) is 18.4. The molecule has 0 aromatic rings. The minimum absolute atomic E-state index is 0.00508. The molecular formula is C19H24O6. The van der Waals surface area contributed by atoms with Crippen LogP contribution in [0, 0.1) is 22.7 Å². The standard InChI is InChI=1S/C19H24O6/c1-10-12-6-7-19(23-12,11(2)13(10)20)25-15(22)18-9-8-17(5,14(21)24-18)16(18,3)4/h6-7,10-12H,8-9H2,1-5H3/t10-,11-,12-,17+,18-,19+/m1/s1. The van der Waals surface area contributed by atoms with Gasteiger partial charge in [-0.3, -0.25) is 9.59 Å². The van der Waals surface area contributed by atoms with E-state index in [2.05, 4.69) is 0 Å². The molecule has 0 aromatic heterocycles. The van der Waals surface area contributed by atoms with Crippen LogP contribution in [0.1, 0.15) is 47.5 Å². The molecule has 25 heavy (non-hydrogen) atoms. The third kappa shape index (κ3) is 1.67. The van der Waals surface area contributed by atoms with Crippen molar-refractivity contribution in [1.82, 2.24) is 0 Å². The predicted molar refractivity (Wildman–Crippen MR) is 86.1 cm³/mol. The summed E-state index contributed by atoms with van der Waals surface area (Å²) in [7, 11) is 0. The number of hydrogen-bond acceptors (Lipinski definition) is 6. The number of ether oxygens (including phenoxy) is 3. The van der Waals surface area contributed by atoms with Crippen molar-refractivity contribution in [2.75, 3.05) is 0 Å². The molecule has 3 heterocycles. The molecular weight excluding hydrogens is 324 g/mol. The van der Waals surface area contributed by atoms with Crippen molar-refractivity contribution in [3.63, 3.8) is 0 Å². The summed E-state index contributed by atoms with van der Waals surface area (Å²) in [5.74, 6) is -3.25. The molecule has 0 N–H and O–H groups in total. The predicted octanol–water partition coefficient (Wildman–Crippen LogP) is 2.16. The molecule has 0 unspecified atom stereocenters. The van der Waals surface area contributed by atoms with Crippen molar-refractivity contribution in [2.24, 2.45) is 22.7 Å². The van der Waals surface area contributed by atoms with Gasteiger partial charge >= 0.3 is 11.9 Å². The number of rotatable bonds is 2. The minimum atomic E-state index is -1.40. The van der Waals surface area contributed by atoms with Gasteiger partial charge in [-0.05, 0) is 32.8 Å². The fourth-order valence-corrected chi connectivity index (χ4v) is 4.87. The molecule has 0 spiro atoms. The van der Waals surface area contributed by atoms with Crippen molar-refractivity contribution >= 4 is 17.7 Å². The van der Waals surface area contributed by atoms with Crippen LogP contribution in [0.3, 0.4) is 0 Å². The van der Waals surface area contributed by atoms with E-state index in [1.54, 1.807) is 19.1 Å². The van der Waals surface area contributed by atoms with Gasteiger partial charge < -0.3 is 14.2 Å². The van der Waals surface area contributed by atoms with Crippen LogP contribution in [0.2, 0.25) is 0 Å². The maximum Gasteiger partial charge on any atom is 0.353 e. The van der Waals surface area contributed by atoms with Gasteiger partial charge in [0.05, 0.1) is 17.4 Å². The van der Waals surface area contributed by atoms with Gasteiger partial charge in [-0.2, -0.15) is 0 Å². The first kappa shape index (κ1) is 16.8. The molecule has 6 nitrogen and oxygen atoms in total. The van der Waals surface area contributed by atoms with Crippen LogP contribution in [-0.2, 0) is 28.6 Å². The van der Waals surface area contributed by atoms with Gasteiger partial charge in [-0.1, -0.05) is 26.8 Å². The smallest absolute Gasteiger partial charge is 0.353 e. The Balaban J connectivity index is 1.67. The molecule has 4 rings (SSSR count). The Morgan fingerprint density at radius 1 is 1.20 bits per heavy atom. The SMILES string of the molecule is C[C@@H]1C(=O)[C@H](C)[C@H]2C=C[C@@]1(OC(=O)[C@@]13CC[C@@](C)(C(=O)O1)C3(C)C)O2. The molecule has 0 aromatic carbocycles. The molecule has 4 bridgehead atoms. The lowest BCUT2D eigenvalue weighted by Gasteiger charge is -2.42. The van der Waals surface area contributed by atoms with Gasteiger partial charge in [0.2, 0.25) is 11.4 Å². The van der Waals surface area contributed by atoms with Crippen molar-refractivity contribution in [3.05, 3.63) is 12.2 Å². The van der Waals surface area contributed by atoms with E-state index >= 15 is 0 Å². The highest BCUT2D eigenvalue weighted by molar-refractivity contribution is 5.94. The number of Topliss-reactive ketones (excluding diaryl/α,β-unsaturated/α-hetero) is 1. The Labute approximate surface area is 146 Å². The van der Waals surface area contributed by atoms with Crippen LogP contribution in [-0.4, -0.2) is 35.2 Å². The van der Waals surface area contributed by atoms with Gasteiger partial charge in [-0.15, -0.1) is 0 Å². The highest BCUT2D eigenvalue weighted by Gasteiger charge is 2.77. The van der Waals surface area contributed by atoms with Crippen LogP contribution in [0.15, 0.2) is 12.2 Å². The van der Waals surface area contributed by atoms with Crippen molar-refractivity contribution in [3.8, 4) is 0 Å². The van der Waals surface area contributed by atoms with E-state index in [1.165, 1.54) is 0 Å². The number of hydrogen-bond donors (Lipinski definition) is 0. The first-order valence-electron chi connectivity index (χ1n) is 8.89. The second-order valence-electron chi connectivity index (χ2n) is 8.64. The van der Waals surface area contributed by atoms with Crippen LogP contribution >= 0.6 is 0 Å². The summed E-state index contributed by atoms with van der Waals surface area (Å²) in [6, 6.07) is 0. The molecule has 1 saturated carbocycles. The van der Waals surface area contributed by atoms with E-state index in [-0.39, 0.29) is 23.8 Å². The fraction of sp³-hybridized carbons (Fsp3) is 0.737. The summed E-state index contributed by atoms with van der Waals surface area (Å²) in [5.41, 5.74) is -2.72.